The van der Waals surface area contributed by atoms with Crippen LogP contribution in [0.15, 0.2) is 78.9 Å². The fourth-order valence-corrected chi connectivity index (χ4v) is 3.96. The van der Waals surface area contributed by atoms with Crippen molar-refractivity contribution in [1.82, 2.24) is 5.32 Å². The van der Waals surface area contributed by atoms with Crippen molar-refractivity contribution in [3.05, 3.63) is 95.6 Å². The van der Waals surface area contributed by atoms with E-state index in [4.69, 9.17) is 9.47 Å². The average molecular weight is 418 g/mol. The van der Waals surface area contributed by atoms with Gasteiger partial charge >= 0.3 is 6.09 Å². The van der Waals surface area contributed by atoms with Gasteiger partial charge in [-0.05, 0) is 34.2 Å². The second-order valence-electron chi connectivity index (χ2n) is 7.70. The number of aliphatic hydroxyl groups excluding tert-OH is 1. The van der Waals surface area contributed by atoms with Crippen LogP contribution in [0, 0.1) is 0 Å². The summed E-state index contributed by atoms with van der Waals surface area (Å²) in [7, 11) is 0. The summed E-state index contributed by atoms with van der Waals surface area (Å²) < 4.78 is 11.0. The number of rotatable bonds is 9. The van der Waals surface area contributed by atoms with Crippen LogP contribution in [0.4, 0.5) is 4.79 Å². The van der Waals surface area contributed by atoms with Crippen molar-refractivity contribution in [2.45, 2.75) is 25.0 Å². The van der Waals surface area contributed by atoms with Gasteiger partial charge in [-0.25, -0.2) is 4.79 Å². The summed E-state index contributed by atoms with van der Waals surface area (Å²) in [6.45, 7) is 1.29. The van der Waals surface area contributed by atoms with Crippen molar-refractivity contribution in [3.63, 3.8) is 0 Å². The molecule has 3 aromatic carbocycles. The monoisotopic (exact) mass is 417 g/mol. The van der Waals surface area contributed by atoms with E-state index in [0.717, 1.165) is 5.56 Å². The molecule has 1 amide bonds. The third kappa shape index (κ3) is 5.32. The van der Waals surface area contributed by atoms with Crippen LogP contribution in [0.2, 0.25) is 0 Å². The lowest BCUT2D eigenvalue weighted by molar-refractivity contribution is 0.0246. The molecule has 160 valence electrons. The molecule has 0 saturated carbocycles. The number of carbonyl (C=O) groups excluding carboxylic acids is 1. The number of carbonyl (C=O) groups is 1. The molecule has 0 bridgehead atoms. The highest BCUT2D eigenvalue weighted by molar-refractivity contribution is 5.79. The van der Waals surface area contributed by atoms with E-state index in [9.17, 15) is 9.90 Å². The molecule has 0 spiro atoms. The molecule has 0 fully saturated rings. The first kappa shape index (κ1) is 21.1. The van der Waals surface area contributed by atoms with Crippen molar-refractivity contribution in [1.29, 1.82) is 0 Å². The first-order chi connectivity index (χ1) is 15.2. The van der Waals surface area contributed by atoms with Gasteiger partial charge in [0.1, 0.15) is 6.61 Å². The average Bonchev–Trinajstić information content (AvgIpc) is 3.12. The summed E-state index contributed by atoms with van der Waals surface area (Å²) in [6.07, 6.45) is -0.712. The van der Waals surface area contributed by atoms with Crippen molar-refractivity contribution in [2.75, 3.05) is 19.8 Å². The molecule has 3 aromatic rings. The molecule has 1 aliphatic rings. The summed E-state index contributed by atoms with van der Waals surface area (Å²) in [4.78, 5) is 12.2. The van der Waals surface area contributed by atoms with Gasteiger partial charge in [0, 0.05) is 12.5 Å². The Balaban J connectivity index is 1.19. The first-order valence-corrected chi connectivity index (χ1v) is 10.6. The van der Waals surface area contributed by atoms with Gasteiger partial charge in [-0.3, -0.25) is 0 Å². The van der Waals surface area contributed by atoms with Crippen LogP contribution in [0.5, 0.6) is 0 Å². The highest BCUT2D eigenvalue weighted by atomic mass is 16.5. The van der Waals surface area contributed by atoms with Gasteiger partial charge < -0.3 is 19.9 Å². The molecule has 0 aromatic heterocycles. The lowest BCUT2D eigenvalue weighted by Crippen LogP contribution is -2.30. The fourth-order valence-electron chi connectivity index (χ4n) is 3.96. The third-order valence-electron chi connectivity index (χ3n) is 5.51. The standard InChI is InChI=1S/C26H27NO4/c28-20(17-30-16-19-8-2-1-3-9-19)14-15-27-26(29)31-18-25-23-12-6-4-10-21(23)22-11-5-7-13-24(22)25/h1-13,20,25,28H,14-18H2,(H,27,29)/t20-/m0/s1. The number of hydrogen-bond acceptors (Lipinski definition) is 4. The Bertz CT molecular complexity index is 960. The van der Waals surface area contributed by atoms with Crippen LogP contribution >= 0.6 is 0 Å². The molecule has 0 saturated heterocycles. The molecular formula is C26H27NO4. The van der Waals surface area contributed by atoms with Gasteiger partial charge in [-0.1, -0.05) is 78.9 Å². The maximum atomic E-state index is 12.2. The Labute approximate surface area is 182 Å². The van der Waals surface area contributed by atoms with Crippen molar-refractivity contribution < 1.29 is 19.4 Å². The highest BCUT2D eigenvalue weighted by Gasteiger charge is 2.28. The molecule has 1 atom stereocenters. The Hall–Kier alpha value is -3.15. The van der Waals surface area contributed by atoms with E-state index < -0.39 is 12.2 Å². The summed E-state index contributed by atoms with van der Waals surface area (Å²) >= 11 is 0. The minimum absolute atomic E-state index is 0.0372. The zero-order valence-electron chi connectivity index (χ0n) is 17.4. The van der Waals surface area contributed by atoms with Gasteiger partial charge in [0.05, 0.1) is 19.3 Å². The van der Waals surface area contributed by atoms with Gasteiger partial charge in [0.25, 0.3) is 0 Å². The van der Waals surface area contributed by atoms with E-state index in [1.807, 2.05) is 54.6 Å². The molecule has 1 aliphatic carbocycles. The van der Waals surface area contributed by atoms with Gasteiger partial charge in [-0.15, -0.1) is 0 Å². The molecular weight excluding hydrogens is 390 g/mol. The first-order valence-electron chi connectivity index (χ1n) is 10.6. The van der Waals surface area contributed by atoms with E-state index in [-0.39, 0.29) is 19.1 Å². The van der Waals surface area contributed by atoms with Gasteiger partial charge in [-0.2, -0.15) is 0 Å². The number of nitrogens with one attached hydrogen (secondary N) is 1. The Morgan fingerprint density at radius 2 is 1.52 bits per heavy atom. The van der Waals surface area contributed by atoms with E-state index in [1.54, 1.807) is 0 Å². The Kier molecular flexibility index (Phi) is 6.97. The van der Waals surface area contributed by atoms with Crippen LogP contribution in [0.3, 0.4) is 0 Å². The second kappa shape index (κ2) is 10.2. The molecule has 0 aliphatic heterocycles. The number of hydrogen-bond donors (Lipinski definition) is 2. The van der Waals surface area contributed by atoms with Crippen LogP contribution < -0.4 is 5.32 Å². The summed E-state index contributed by atoms with van der Waals surface area (Å²) in [5.41, 5.74) is 5.83. The minimum atomic E-state index is -0.641. The lowest BCUT2D eigenvalue weighted by Gasteiger charge is -2.15. The number of benzene rings is 3. The second-order valence-corrected chi connectivity index (χ2v) is 7.70. The Morgan fingerprint density at radius 3 is 2.19 bits per heavy atom. The smallest absolute Gasteiger partial charge is 0.407 e. The summed E-state index contributed by atoms with van der Waals surface area (Å²) in [6, 6.07) is 26.3. The fraction of sp³-hybridized carbons (Fsp3) is 0.269. The summed E-state index contributed by atoms with van der Waals surface area (Å²) in [5, 5.41) is 12.8. The number of aliphatic hydroxyl groups is 1. The van der Waals surface area contributed by atoms with Crippen LogP contribution in [-0.4, -0.2) is 37.1 Å². The van der Waals surface area contributed by atoms with E-state index in [1.165, 1.54) is 22.3 Å². The SMILES string of the molecule is O=C(NCC[C@H](O)COCc1ccccc1)OCC1c2ccccc2-c2ccccc21. The summed E-state index contributed by atoms with van der Waals surface area (Å²) in [5.74, 6) is 0.0372. The van der Waals surface area contributed by atoms with Gasteiger partial charge in [0.2, 0.25) is 0 Å². The quantitative estimate of drug-likeness (QED) is 0.538. The number of fused-ring (bicyclic) bond motifs is 3. The van der Waals surface area contributed by atoms with E-state index >= 15 is 0 Å². The Morgan fingerprint density at radius 1 is 0.903 bits per heavy atom. The molecule has 0 radical (unpaired) electrons. The van der Waals surface area contributed by atoms with Crippen molar-refractivity contribution in [2.24, 2.45) is 0 Å². The zero-order chi connectivity index (χ0) is 21.5. The van der Waals surface area contributed by atoms with Crippen LogP contribution in [0.1, 0.15) is 29.0 Å². The maximum absolute atomic E-state index is 12.2. The normalized spacial score (nSPS) is 13.3. The van der Waals surface area contributed by atoms with Crippen molar-refractivity contribution in [3.8, 4) is 11.1 Å². The lowest BCUT2D eigenvalue weighted by atomic mass is 9.98. The molecule has 2 N–H and O–H groups in total. The number of alkyl carbamates (subject to hydrolysis) is 1. The van der Waals surface area contributed by atoms with Crippen molar-refractivity contribution >= 4 is 6.09 Å². The molecule has 31 heavy (non-hydrogen) atoms. The van der Waals surface area contributed by atoms with E-state index in [2.05, 4.69) is 29.6 Å². The highest BCUT2D eigenvalue weighted by Crippen LogP contribution is 2.44. The molecule has 0 unspecified atom stereocenters. The molecule has 5 nitrogen and oxygen atoms in total. The number of amides is 1. The predicted molar refractivity (Wildman–Crippen MR) is 120 cm³/mol. The minimum Gasteiger partial charge on any atom is -0.449 e. The predicted octanol–water partition coefficient (Wildman–Crippen LogP) is 4.49. The van der Waals surface area contributed by atoms with Gasteiger partial charge in [0.15, 0.2) is 0 Å². The molecule has 0 heterocycles. The topological polar surface area (TPSA) is 67.8 Å². The zero-order valence-corrected chi connectivity index (χ0v) is 17.4. The van der Waals surface area contributed by atoms with Crippen LogP contribution in [0.25, 0.3) is 11.1 Å². The molecule has 4 rings (SSSR count). The number of ether oxygens (including phenoxy) is 2. The molecule has 5 heteroatoms. The third-order valence-corrected chi connectivity index (χ3v) is 5.51. The maximum Gasteiger partial charge on any atom is 0.407 e. The largest absolute Gasteiger partial charge is 0.449 e. The van der Waals surface area contributed by atoms with Crippen LogP contribution in [-0.2, 0) is 16.1 Å². The van der Waals surface area contributed by atoms with E-state index in [0.29, 0.717) is 19.6 Å².